The molecule has 0 aromatic heterocycles. The second kappa shape index (κ2) is 10.2. The predicted molar refractivity (Wildman–Crippen MR) is 129 cm³/mol. The van der Waals surface area contributed by atoms with Gasteiger partial charge < -0.3 is 20.6 Å². The van der Waals surface area contributed by atoms with Gasteiger partial charge in [0.25, 0.3) is 0 Å². The number of aliphatic hydroxyl groups is 1. The highest BCUT2D eigenvalue weighted by molar-refractivity contribution is 5.88. The molecule has 1 aliphatic heterocycles. The monoisotopic (exact) mass is 479 g/mol. The van der Waals surface area contributed by atoms with Gasteiger partial charge in [0.15, 0.2) is 0 Å². The summed E-state index contributed by atoms with van der Waals surface area (Å²) in [5.41, 5.74) is 2.92. The molecular weight excluding hydrogens is 452 g/mol. The van der Waals surface area contributed by atoms with Gasteiger partial charge >= 0.3 is 0 Å². The second-order valence-electron chi connectivity index (χ2n) is 8.75. The number of para-hydroxylation sites is 1. The molecule has 0 saturated carbocycles. The van der Waals surface area contributed by atoms with E-state index in [4.69, 9.17) is 0 Å². The molecule has 6 nitrogen and oxygen atoms in total. The number of amides is 2. The van der Waals surface area contributed by atoms with Gasteiger partial charge in [0, 0.05) is 24.7 Å². The van der Waals surface area contributed by atoms with E-state index in [2.05, 4.69) is 10.6 Å². The van der Waals surface area contributed by atoms with Crippen LogP contribution in [0.25, 0.3) is 0 Å². The highest BCUT2D eigenvalue weighted by Crippen LogP contribution is 2.41. The third kappa shape index (κ3) is 5.33. The number of carbonyl (C=O) groups is 2. The molecule has 2 amide bonds. The number of halogens is 2. The van der Waals surface area contributed by atoms with E-state index in [9.17, 15) is 23.5 Å². The Hall–Kier alpha value is -3.78. The summed E-state index contributed by atoms with van der Waals surface area (Å²) >= 11 is 0. The molecule has 182 valence electrons. The van der Waals surface area contributed by atoms with Gasteiger partial charge in [0.2, 0.25) is 11.8 Å². The van der Waals surface area contributed by atoms with E-state index in [1.165, 1.54) is 6.92 Å². The Kier molecular flexibility index (Phi) is 7.12. The summed E-state index contributed by atoms with van der Waals surface area (Å²) in [5, 5.41) is 16.6. The number of nitrogens with zero attached hydrogens (tertiary/aromatic N) is 1. The molecule has 1 aliphatic rings. The predicted octanol–water partition coefficient (Wildman–Crippen LogP) is 3.10. The average molecular weight is 480 g/mol. The molecule has 1 heterocycles. The van der Waals surface area contributed by atoms with Crippen LogP contribution in [0.15, 0.2) is 72.8 Å². The van der Waals surface area contributed by atoms with E-state index < -0.39 is 41.8 Å². The summed E-state index contributed by atoms with van der Waals surface area (Å²) < 4.78 is 26.8. The SMILES string of the molecule is C[C@H](NC(=O)Cc1cc(F)cc(F)c1)C(=O)NC1C(c2ccccc2)c2ccccc2N(C)C1O. The topological polar surface area (TPSA) is 81.7 Å². The molecule has 0 aliphatic carbocycles. The number of benzene rings is 3. The Bertz CT molecular complexity index is 1200. The highest BCUT2D eigenvalue weighted by Gasteiger charge is 2.41. The molecule has 4 atom stereocenters. The Labute approximate surface area is 202 Å². The minimum atomic E-state index is -1.02. The first-order chi connectivity index (χ1) is 16.7. The van der Waals surface area contributed by atoms with Crippen LogP contribution in [0.1, 0.15) is 29.5 Å². The fraction of sp³-hybridized carbons (Fsp3) is 0.259. The zero-order valence-corrected chi connectivity index (χ0v) is 19.4. The molecule has 0 spiro atoms. The number of anilines is 1. The van der Waals surface area contributed by atoms with Gasteiger partial charge in [-0.25, -0.2) is 8.78 Å². The number of nitrogens with one attached hydrogen (secondary N) is 2. The van der Waals surface area contributed by atoms with E-state index in [0.29, 0.717) is 0 Å². The van der Waals surface area contributed by atoms with Gasteiger partial charge in [-0.15, -0.1) is 0 Å². The van der Waals surface area contributed by atoms with Gasteiger partial charge in [0.05, 0.1) is 12.5 Å². The van der Waals surface area contributed by atoms with Crippen LogP contribution in [-0.2, 0) is 16.0 Å². The van der Waals surface area contributed by atoms with Crippen molar-refractivity contribution in [2.75, 3.05) is 11.9 Å². The third-order valence-electron chi connectivity index (χ3n) is 6.25. The maximum Gasteiger partial charge on any atom is 0.242 e. The first kappa shape index (κ1) is 24.3. The van der Waals surface area contributed by atoms with Crippen LogP contribution >= 0.6 is 0 Å². The molecule has 0 fully saturated rings. The molecular formula is C27H27F2N3O3. The van der Waals surface area contributed by atoms with Gasteiger partial charge in [0.1, 0.15) is 23.9 Å². The number of likely N-dealkylation sites (N-methyl/N-ethyl adjacent to an activating group) is 1. The second-order valence-corrected chi connectivity index (χ2v) is 8.75. The van der Waals surface area contributed by atoms with Gasteiger partial charge in [-0.3, -0.25) is 9.59 Å². The Balaban J connectivity index is 1.52. The van der Waals surface area contributed by atoms with E-state index in [0.717, 1.165) is 35.0 Å². The maximum absolute atomic E-state index is 13.4. The van der Waals surface area contributed by atoms with Gasteiger partial charge in [-0.1, -0.05) is 48.5 Å². The Morgan fingerprint density at radius 1 is 1.00 bits per heavy atom. The average Bonchev–Trinajstić information content (AvgIpc) is 2.82. The first-order valence-electron chi connectivity index (χ1n) is 11.3. The molecule has 3 unspecified atom stereocenters. The van der Waals surface area contributed by atoms with Crippen molar-refractivity contribution >= 4 is 17.5 Å². The van der Waals surface area contributed by atoms with Crippen molar-refractivity contribution in [3.05, 3.63) is 101 Å². The Morgan fingerprint density at radius 2 is 1.63 bits per heavy atom. The van der Waals surface area contributed by atoms with Crippen LogP contribution in [0, 0.1) is 11.6 Å². The van der Waals surface area contributed by atoms with E-state index in [-0.39, 0.29) is 17.9 Å². The van der Waals surface area contributed by atoms with Crippen LogP contribution < -0.4 is 15.5 Å². The summed E-state index contributed by atoms with van der Waals surface area (Å²) in [7, 11) is 1.76. The number of carbonyl (C=O) groups excluding carboxylic acids is 2. The van der Waals surface area contributed by atoms with E-state index in [1.54, 1.807) is 11.9 Å². The number of fused-ring (bicyclic) bond motifs is 1. The fourth-order valence-electron chi connectivity index (χ4n) is 4.57. The lowest BCUT2D eigenvalue weighted by Gasteiger charge is -2.44. The van der Waals surface area contributed by atoms with Crippen LogP contribution in [0.2, 0.25) is 0 Å². The Morgan fingerprint density at radius 3 is 2.31 bits per heavy atom. The minimum absolute atomic E-state index is 0.165. The number of aliphatic hydroxyl groups excluding tert-OH is 1. The highest BCUT2D eigenvalue weighted by atomic mass is 19.1. The largest absolute Gasteiger partial charge is 0.371 e. The lowest BCUT2D eigenvalue weighted by Crippen LogP contribution is -2.59. The molecule has 3 N–H and O–H groups in total. The van der Waals surface area contributed by atoms with Crippen molar-refractivity contribution in [2.24, 2.45) is 0 Å². The smallest absolute Gasteiger partial charge is 0.242 e. The summed E-state index contributed by atoms with van der Waals surface area (Å²) in [5.74, 6) is -2.91. The van der Waals surface area contributed by atoms with Crippen molar-refractivity contribution in [3.8, 4) is 0 Å². The first-order valence-corrected chi connectivity index (χ1v) is 11.3. The van der Waals surface area contributed by atoms with Gasteiger partial charge in [-0.05, 0) is 41.8 Å². The van der Waals surface area contributed by atoms with Crippen LogP contribution in [0.4, 0.5) is 14.5 Å². The number of hydrogen-bond donors (Lipinski definition) is 3. The van der Waals surface area contributed by atoms with Crippen LogP contribution in [-0.4, -0.2) is 42.3 Å². The lowest BCUT2D eigenvalue weighted by molar-refractivity contribution is -0.129. The molecule has 0 bridgehead atoms. The molecule has 3 aromatic carbocycles. The maximum atomic E-state index is 13.4. The zero-order valence-electron chi connectivity index (χ0n) is 19.4. The van der Waals surface area contributed by atoms with Crippen molar-refractivity contribution in [3.63, 3.8) is 0 Å². The van der Waals surface area contributed by atoms with Gasteiger partial charge in [-0.2, -0.15) is 0 Å². The van der Waals surface area contributed by atoms with Crippen molar-refractivity contribution in [1.82, 2.24) is 10.6 Å². The van der Waals surface area contributed by atoms with Crippen LogP contribution in [0.5, 0.6) is 0 Å². The standard InChI is InChI=1S/C27H27F2N3O3/c1-16(30-23(33)14-17-12-19(28)15-20(29)13-17)26(34)31-25-24(18-8-4-3-5-9-18)21-10-6-7-11-22(21)32(2)27(25)35/h3-13,15-16,24-25,27,35H,14H2,1-2H3,(H,30,33)(H,31,34)/t16-,24?,25?,27?/m0/s1. The molecule has 35 heavy (non-hydrogen) atoms. The fourth-order valence-corrected chi connectivity index (χ4v) is 4.57. The minimum Gasteiger partial charge on any atom is -0.371 e. The molecule has 8 heteroatoms. The summed E-state index contributed by atoms with van der Waals surface area (Å²) in [6.45, 7) is 1.52. The van der Waals surface area contributed by atoms with Crippen molar-refractivity contribution < 1.29 is 23.5 Å². The molecule has 3 aromatic rings. The van der Waals surface area contributed by atoms with E-state index >= 15 is 0 Å². The van der Waals surface area contributed by atoms with Crippen molar-refractivity contribution in [1.29, 1.82) is 0 Å². The third-order valence-corrected chi connectivity index (χ3v) is 6.25. The van der Waals surface area contributed by atoms with Crippen LogP contribution in [0.3, 0.4) is 0 Å². The van der Waals surface area contributed by atoms with Crippen molar-refractivity contribution in [2.45, 2.75) is 37.6 Å². The summed E-state index contributed by atoms with van der Waals surface area (Å²) in [6.07, 6.45) is -1.29. The van der Waals surface area contributed by atoms with E-state index in [1.807, 2.05) is 54.6 Å². The molecule has 4 rings (SSSR count). The number of rotatable bonds is 6. The lowest BCUT2D eigenvalue weighted by atomic mass is 9.80. The summed E-state index contributed by atoms with van der Waals surface area (Å²) in [6, 6.07) is 18.5. The summed E-state index contributed by atoms with van der Waals surface area (Å²) in [4.78, 5) is 27.2. The molecule has 0 saturated heterocycles. The number of hydrogen-bond acceptors (Lipinski definition) is 4. The molecule has 0 radical (unpaired) electrons. The quantitative estimate of drug-likeness (QED) is 0.508. The zero-order chi connectivity index (χ0) is 25.1. The normalized spacial score (nSPS) is 20.0.